The van der Waals surface area contributed by atoms with Crippen molar-refractivity contribution in [2.24, 2.45) is 0 Å². The Bertz CT molecular complexity index is 1290. The average Bonchev–Trinajstić information content (AvgIpc) is 3.36. The molecule has 0 fully saturated rings. The molecule has 0 radical (unpaired) electrons. The van der Waals surface area contributed by atoms with Gasteiger partial charge >= 0.3 is 0 Å². The monoisotopic (exact) mass is 445 g/mol. The molecule has 0 aliphatic carbocycles. The number of hydrogen-bond donors (Lipinski definition) is 1. The third-order valence-corrected chi connectivity index (χ3v) is 5.92. The third kappa shape index (κ3) is 3.66. The Morgan fingerprint density at radius 3 is 2.87 bits per heavy atom. The number of anilines is 1. The standard InChI is InChI=1S/C20H20ClN5O3S/c1-3-9-25-19(28)18-14(8-10-30-18)26-16(23-24-20(25)26)6-7-17(27)22-12-4-5-15(29-2)13(21)11-12/h4-5,8,10-11H,3,6-7,9H2,1-2H3,(H,22,27). The van der Waals surface area contributed by atoms with E-state index < -0.39 is 0 Å². The van der Waals surface area contributed by atoms with Gasteiger partial charge in [0, 0.05) is 25.1 Å². The maximum Gasteiger partial charge on any atom is 0.272 e. The molecular formula is C20H20ClN5O3S. The van der Waals surface area contributed by atoms with Crippen LogP contribution in [-0.4, -0.2) is 32.2 Å². The lowest BCUT2D eigenvalue weighted by Crippen LogP contribution is -2.22. The molecule has 1 aromatic carbocycles. The molecule has 0 bridgehead atoms. The van der Waals surface area contributed by atoms with Crippen LogP contribution in [0.4, 0.5) is 5.69 Å². The lowest BCUT2D eigenvalue weighted by atomic mass is 10.2. The zero-order chi connectivity index (χ0) is 21.3. The Morgan fingerprint density at radius 2 is 2.13 bits per heavy atom. The van der Waals surface area contributed by atoms with Gasteiger partial charge in [0.15, 0.2) is 0 Å². The van der Waals surface area contributed by atoms with Crippen molar-refractivity contribution in [3.05, 3.63) is 50.8 Å². The number of nitrogens with one attached hydrogen (secondary N) is 1. The number of fused-ring (bicyclic) bond motifs is 3. The van der Waals surface area contributed by atoms with Gasteiger partial charge in [-0.1, -0.05) is 18.5 Å². The predicted octanol–water partition coefficient (Wildman–Crippen LogP) is 3.75. The second-order valence-electron chi connectivity index (χ2n) is 6.74. The number of halogens is 1. The molecule has 1 N–H and O–H groups in total. The van der Waals surface area contributed by atoms with Gasteiger partial charge in [-0.25, -0.2) is 0 Å². The van der Waals surface area contributed by atoms with Crippen LogP contribution in [0, 0.1) is 0 Å². The van der Waals surface area contributed by atoms with Gasteiger partial charge in [-0.05, 0) is 36.1 Å². The summed E-state index contributed by atoms with van der Waals surface area (Å²) in [5, 5.41) is 13.6. The summed E-state index contributed by atoms with van der Waals surface area (Å²) in [7, 11) is 1.53. The molecule has 156 valence electrons. The van der Waals surface area contributed by atoms with Crippen LogP contribution < -0.4 is 15.6 Å². The Kier molecular flexibility index (Phi) is 5.74. The smallest absolute Gasteiger partial charge is 0.272 e. The summed E-state index contributed by atoms with van der Waals surface area (Å²) in [4.78, 5) is 25.2. The quantitative estimate of drug-likeness (QED) is 0.468. The largest absolute Gasteiger partial charge is 0.495 e. The minimum absolute atomic E-state index is 0.0533. The molecule has 0 spiro atoms. The van der Waals surface area contributed by atoms with Crippen LogP contribution in [0.25, 0.3) is 16.0 Å². The van der Waals surface area contributed by atoms with E-state index in [9.17, 15) is 9.59 Å². The first kappa shape index (κ1) is 20.4. The zero-order valence-corrected chi connectivity index (χ0v) is 18.1. The Morgan fingerprint density at radius 1 is 1.30 bits per heavy atom. The number of aromatic nitrogens is 4. The number of carbonyl (C=O) groups excluding carboxylic acids is 1. The molecule has 3 heterocycles. The van der Waals surface area contributed by atoms with Crippen molar-refractivity contribution < 1.29 is 9.53 Å². The van der Waals surface area contributed by atoms with Gasteiger partial charge in [0.2, 0.25) is 11.7 Å². The van der Waals surface area contributed by atoms with Gasteiger partial charge in [0.05, 0.1) is 17.6 Å². The highest BCUT2D eigenvalue weighted by molar-refractivity contribution is 7.17. The van der Waals surface area contributed by atoms with Gasteiger partial charge < -0.3 is 10.1 Å². The number of carbonyl (C=O) groups is 1. The maximum absolute atomic E-state index is 12.8. The molecule has 10 heteroatoms. The molecule has 4 rings (SSSR count). The molecule has 3 aromatic heterocycles. The number of rotatable bonds is 7. The number of nitrogens with zero attached hydrogens (tertiary/aromatic N) is 4. The SMILES string of the molecule is CCCn1c(=O)c2sccc2n2c(CCC(=O)Nc3ccc(OC)c(Cl)c3)nnc12. The summed E-state index contributed by atoms with van der Waals surface area (Å²) in [6.45, 7) is 2.57. The number of ether oxygens (including phenoxy) is 1. The fourth-order valence-electron chi connectivity index (χ4n) is 3.36. The van der Waals surface area contributed by atoms with Gasteiger partial charge in [0.25, 0.3) is 5.56 Å². The van der Waals surface area contributed by atoms with E-state index >= 15 is 0 Å². The van der Waals surface area contributed by atoms with Gasteiger partial charge in [-0.15, -0.1) is 21.5 Å². The summed E-state index contributed by atoms with van der Waals surface area (Å²) < 4.78 is 9.30. The minimum Gasteiger partial charge on any atom is -0.495 e. The molecule has 0 unspecified atom stereocenters. The van der Waals surface area contributed by atoms with Crippen LogP contribution in [0.15, 0.2) is 34.4 Å². The van der Waals surface area contributed by atoms with E-state index in [0.717, 1.165) is 11.9 Å². The summed E-state index contributed by atoms with van der Waals surface area (Å²) in [6, 6.07) is 6.96. The first-order valence-corrected chi connectivity index (χ1v) is 10.8. The number of amides is 1. The number of benzene rings is 1. The molecule has 0 atom stereocenters. The highest BCUT2D eigenvalue weighted by Crippen LogP contribution is 2.27. The van der Waals surface area contributed by atoms with Crippen LogP contribution in [0.1, 0.15) is 25.6 Å². The van der Waals surface area contributed by atoms with E-state index in [1.807, 2.05) is 22.8 Å². The third-order valence-electron chi connectivity index (χ3n) is 4.74. The molecule has 4 aromatic rings. The topological polar surface area (TPSA) is 90.5 Å². The van der Waals surface area contributed by atoms with Gasteiger partial charge in [-0.2, -0.15) is 0 Å². The Hall–Kier alpha value is -2.91. The van der Waals surface area contributed by atoms with Gasteiger partial charge in [0.1, 0.15) is 16.3 Å². The summed E-state index contributed by atoms with van der Waals surface area (Å²) in [5.41, 5.74) is 1.31. The first-order chi connectivity index (χ1) is 14.5. The van der Waals surface area contributed by atoms with E-state index in [2.05, 4.69) is 15.5 Å². The molecule has 0 saturated carbocycles. The van der Waals surface area contributed by atoms with Crippen molar-refractivity contribution in [3.8, 4) is 5.75 Å². The average molecular weight is 446 g/mol. The predicted molar refractivity (Wildman–Crippen MR) is 118 cm³/mol. The second kappa shape index (κ2) is 8.45. The molecule has 0 aliphatic rings. The van der Waals surface area contributed by atoms with E-state index in [4.69, 9.17) is 16.3 Å². The normalized spacial score (nSPS) is 11.3. The van der Waals surface area contributed by atoms with Crippen molar-refractivity contribution in [1.29, 1.82) is 0 Å². The van der Waals surface area contributed by atoms with Crippen molar-refractivity contribution in [3.63, 3.8) is 0 Å². The zero-order valence-electron chi connectivity index (χ0n) is 16.5. The summed E-state index contributed by atoms with van der Waals surface area (Å²) >= 11 is 7.51. The van der Waals surface area contributed by atoms with Crippen LogP contribution in [-0.2, 0) is 17.8 Å². The highest BCUT2D eigenvalue weighted by Gasteiger charge is 2.17. The van der Waals surface area contributed by atoms with Crippen molar-refractivity contribution in [2.75, 3.05) is 12.4 Å². The summed E-state index contributed by atoms with van der Waals surface area (Å²) in [6.07, 6.45) is 1.40. The highest BCUT2D eigenvalue weighted by atomic mass is 35.5. The van der Waals surface area contributed by atoms with Crippen LogP contribution in [0.5, 0.6) is 5.75 Å². The van der Waals surface area contributed by atoms with E-state index in [1.54, 1.807) is 22.8 Å². The summed E-state index contributed by atoms with van der Waals surface area (Å²) in [5.74, 6) is 1.52. The van der Waals surface area contributed by atoms with Crippen molar-refractivity contribution >= 4 is 50.5 Å². The van der Waals surface area contributed by atoms with E-state index in [-0.39, 0.29) is 17.9 Å². The number of methoxy groups -OCH3 is 1. The Labute approximate surface area is 181 Å². The molecule has 8 nitrogen and oxygen atoms in total. The number of hydrogen-bond acceptors (Lipinski definition) is 6. The molecule has 0 aliphatic heterocycles. The Balaban J connectivity index is 1.58. The van der Waals surface area contributed by atoms with Crippen molar-refractivity contribution in [2.45, 2.75) is 32.7 Å². The first-order valence-electron chi connectivity index (χ1n) is 9.51. The fourth-order valence-corrected chi connectivity index (χ4v) is 4.44. The number of thiophene rings is 1. The lowest BCUT2D eigenvalue weighted by molar-refractivity contribution is -0.116. The van der Waals surface area contributed by atoms with E-state index in [1.165, 1.54) is 18.4 Å². The molecule has 30 heavy (non-hydrogen) atoms. The van der Waals surface area contributed by atoms with Crippen LogP contribution >= 0.6 is 22.9 Å². The molecule has 1 amide bonds. The second-order valence-corrected chi connectivity index (χ2v) is 8.06. The molecule has 0 saturated heterocycles. The van der Waals surface area contributed by atoms with Crippen LogP contribution in [0.3, 0.4) is 0 Å². The van der Waals surface area contributed by atoms with Crippen molar-refractivity contribution in [1.82, 2.24) is 19.2 Å². The minimum atomic E-state index is -0.170. The fraction of sp³-hybridized carbons (Fsp3) is 0.300. The van der Waals surface area contributed by atoms with E-state index in [0.29, 0.717) is 45.7 Å². The van der Waals surface area contributed by atoms with Gasteiger partial charge in [-0.3, -0.25) is 18.6 Å². The molecular weight excluding hydrogens is 426 g/mol. The maximum atomic E-state index is 12.8. The lowest BCUT2D eigenvalue weighted by Gasteiger charge is -2.09. The van der Waals surface area contributed by atoms with Crippen LogP contribution in [0.2, 0.25) is 5.02 Å². The number of aryl methyl sites for hydroxylation is 2.